The number of aromatic nitrogens is 3. The predicted molar refractivity (Wildman–Crippen MR) is 109 cm³/mol. The molecule has 9 nitrogen and oxygen atoms in total. The number of anilines is 1. The predicted octanol–water partition coefficient (Wildman–Crippen LogP) is 2.78. The first-order valence-electron chi connectivity index (χ1n) is 9.16. The molecule has 0 spiro atoms. The average molecular weight is 410 g/mol. The molecule has 0 unspecified atom stereocenters. The van der Waals surface area contributed by atoms with Crippen LogP contribution in [-0.2, 0) is 9.53 Å². The summed E-state index contributed by atoms with van der Waals surface area (Å²) in [5.74, 6) is -0.228. The number of para-hydroxylation sites is 1. The van der Waals surface area contributed by atoms with Gasteiger partial charge in [0.05, 0.1) is 25.6 Å². The van der Waals surface area contributed by atoms with Gasteiger partial charge in [-0.2, -0.15) is 9.90 Å². The molecule has 0 saturated heterocycles. The Labute approximate surface area is 173 Å². The monoisotopic (exact) mass is 410 g/mol. The molecule has 1 N–H and O–H groups in total. The molecule has 0 radical (unpaired) electrons. The number of esters is 1. The Balaban J connectivity index is 1.67. The number of nitrogens with zero attached hydrogens (tertiary/aromatic N) is 3. The summed E-state index contributed by atoms with van der Waals surface area (Å²) < 4.78 is 15.7. The van der Waals surface area contributed by atoms with Gasteiger partial charge in [0.2, 0.25) is 0 Å². The molecule has 1 heterocycles. The van der Waals surface area contributed by atoms with E-state index in [1.54, 1.807) is 25.1 Å². The normalized spacial score (nSPS) is 11.5. The summed E-state index contributed by atoms with van der Waals surface area (Å²) in [6.45, 7) is 3.13. The van der Waals surface area contributed by atoms with Crippen molar-refractivity contribution >= 4 is 17.6 Å². The van der Waals surface area contributed by atoms with E-state index in [4.69, 9.17) is 14.2 Å². The second-order valence-corrected chi connectivity index (χ2v) is 6.37. The third kappa shape index (κ3) is 4.57. The molecule has 0 fully saturated rings. The van der Waals surface area contributed by atoms with Gasteiger partial charge in [-0.15, -0.1) is 5.10 Å². The molecule has 0 bridgehead atoms. The summed E-state index contributed by atoms with van der Waals surface area (Å²) in [5.41, 5.74) is 1.63. The Kier molecular flexibility index (Phi) is 6.31. The Morgan fingerprint density at radius 2 is 1.70 bits per heavy atom. The smallest absolute Gasteiger partial charge is 0.361 e. The molecule has 3 rings (SSSR count). The Bertz CT molecular complexity index is 1050. The van der Waals surface area contributed by atoms with Crippen LogP contribution in [-0.4, -0.2) is 47.2 Å². The van der Waals surface area contributed by atoms with Gasteiger partial charge in [0.1, 0.15) is 0 Å². The van der Waals surface area contributed by atoms with Gasteiger partial charge < -0.3 is 19.5 Å². The first kappa shape index (κ1) is 20.8. The van der Waals surface area contributed by atoms with E-state index >= 15 is 0 Å². The number of rotatable bonds is 7. The lowest BCUT2D eigenvalue weighted by Crippen LogP contribution is -2.30. The number of aryl methyl sites for hydroxylation is 1. The second kappa shape index (κ2) is 9.08. The zero-order valence-electron chi connectivity index (χ0n) is 17.1. The zero-order valence-corrected chi connectivity index (χ0v) is 17.1. The van der Waals surface area contributed by atoms with Crippen LogP contribution >= 0.6 is 0 Å². The molecule has 9 heteroatoms. The van der Waals surface area contributed by atoms with Gasteiger partial charge in [-0.3, -0.25) is 4.79 Å². The quantitative estimate of drug-likeness (QED) is 0.597. The highest BCUT2D eigenvalue weighted by Crippen LogP contribution is 2.29. The van der Waals surface area contributed by atoms with E-state index in [0.717, 1.165) is 0 Å². The zero-order chi connectivity index (χ0) is 21.7. The van der Waals surface area contributed by atoms with E-state index in [1.165, 1.54) is 25.9 Å². The van der Waals surface area contributed by atoms with Crippen LogP contribution in [0.5, 0.6) is 11.5 Å². The summed E-state index contributed by atoms with van der Waals surface area (Å²) in [5, 5.41) is 11.1. The van der Waals surface area contributed by atoms with E-state index in [0.29, 0.717) is 28.6 Å². The maximum absolute atomic E-state index is 12.5. The maximum Gasteiger partial charge on any atom is 0.361 e. The van der Waals surface area contributed by atoms with E-state index < -0.39 is 18.0 Å². The molecule has 1 aromatic heterocycles. The van der Waals surface area contributed by atoms with E-state index in [-0.39, 0.29) is 5.69 Å². The summed E-state index contributed by atoms with van der Waals surface area (Å²) in [6.07, 6.45) is -1.05. The minimum atomic E-state index is -1.05. The Morgan fingerprint density at radius 1 is 1.00 bits per heavy atom. The topological polar surface area (TPSA) is 105 Å². The van der Waals surface area contributed by atoms with E-state index in [9.17, 15) is 9.59 Å². The van der Waals surface area contributed by atoms with Crippen molar-refractivity contribution in [3.63, 3.8) is 0 Å². The third-order valence-electron chi connectivity index (χ3n) is 4.27. The summed E-state index contributed by atoms with van der Waals surface area (Å²) in [4.78, 5) is 26.3. The summed E-state index contributed by atoms with van der Waals surface area (Å²) in [6, 6.07) is 14.1. The molecule has 0 aliphatic carbocycles. The largest absolute Gasteiger partial charge is 0.493 e. The number of amides is 1. The molecule has 0 aliphatic heterocycles. The highest BCUT2D eigenvalue weighted by Gasteiger charge is 2.24. The number of carbonyl (C=O) groups is 2. The van der Waals surface area contributed by atoms with Crippen molar-refractivity contribution in [3.8, 4) is 17.2 Å². The lowest BCUT2D eigenvalue weighted by molar-refractivity contribution is -0.123. The average Bonchev–Trinajstić information content (AvgIpc) is 3.16. The number of nitrogens with one attached hydrogen (secondary N) is 1. The SMILES string of the molecule is COc1ccc(NC(=O)[C@@H](C)OC(=O)c2nn(-c3ccccc3)nc2C)cc1OC. The van der Waals surface area contributed by atoms with Crippen molar-refractivity contribution < 1.29 is 23.8 Å². The molecule has 156 valence electrons. The number of ether oxygens (including phenoxy) is 3. The Hall–Kier alpha value is -3.88. The molecule has 0 saturated carbocycles. The number of benzene rings is 2. The van der Waals surface area contributed by atoms with Gasteiger partial charge >= 0.3 is 5.97 Å². The second-order valence-electron chi connectivity index (χ2n) is 6.37. The molecule has 3 aromatic rings. The Morgan fingerprint density at radius 3 is 2.37 bits per heavy atom. The summed E-state index contributed by atoms with van der Waals surface area (Å²) >= 11 is 0. The molecule has 0 aliphatic rings. The van der Waals surface area contributed by atoms with Crippen LogP contribution in [0, 0.1) is 6.92 Å². The number of methoxy groups -OCH3 is 2. The molecular weight excluding hydrogens is 388 g/mol. The van der Waals surface area contributed by atoms with Crippen molar-refractivity contribution in [1.29, 1.82) is 0 Å². The van der Waals surface area contributed by atoms with Gasteiger partial charge in [-0.25, -0.2) is 4.79 Å². The highest BCUT2D eigenvalue weighted by atomic mass is 16.5. The van der Waals surface area contributed by atoms with Crippen molar-refractivity contribution in [2.45, 2.75) is 20.0 Å². The molecule has 2 aromatic carbocycles. The molecular formula is C21H22N4O5. The molecule has 1 atom stereocenters. The van der Waals surface area contributed by atoms with Crippen LogP contribution in [0.15, 0.2) is 48.5 Å². The fraction of sp³-hybridized carbons (Fsp3) is 0.238. The fourth-order valence-corrected chi connectivity index (χ4v) is 2.67. The first-order valence-corrected chi connectivity index (χ1v) is 9.16. The lowest BCUT2D eigenvalue weighted by Gasteiger charge is -2.14. The highest BCUT2D eigenvalue weighted by molar-refractivity contribution is 5.97. The minimum absolute atomic E-state index is 0.0459. The van der Waals surface area contributed by atoms with Crippen molar-refractivity contribution in [3.05, 3.63) is 59.9 Å². The van der Waals surface area contributed by atoms with Gasteiger partial charge in [0.15, 0.2) is 23.3 Å². The van der Waals surface area contributed by atoms with Gasteiger partial charge in [0, 0.05) is 11.8 Å². The maximum atomic E-state index is 12.5. The van der Waals surface area contributed by atoms with Crippen molar-refractivity contribution in [2.75, 3.05) is 19.5 Å². The van der Waals surface area contributed by atoms with Crippen LogP contribution in [0.1, 0.15) is 23.1 Å². The van der Waals surface area contributed by atoms with Crippen molar-refractivity contribution in [1.82, 2.24) is 15.0 Å². The third-order valence-corrected chi connectivity index (χ3v) is 4.27. The number of hydrogen-bond acceptors (Lipinski definition) is 7. The van der Waals surface area contributed by atoms with Crippen LogP contribution in [0.2, 0.25) is 0 Å². The van der Waals surface area contributed by atoms with Crippen LogP contribution in [0.3, 0.4) is 0 Å². The van der Waals surface area contributed by atoms with Gasteiger partial charge in [-0.05, 0) is 38.1 Å². The minimum Gasteiger partial charge on any atom is -0.493 e. The number of carbonyl (C=O) groups excluding carboxylic acids is 2. The van der Waals surface area contributed by atoms with Crippen molar-refractivity contribution in [2.24, 2.45) is 0 Å². The standard InChI is InChI=1S/C21H22N4O5/c1-13-19(24-25(23-13)16-8-6-5-7-9-16)21(27)30-14(2)20(26)22-15-10-11-17(28-3)18(12-15)29-4/h5-12,14H,1-4H3,(H,22,26)/t14-/m1/s1. The van der Waals surface area contributed by atoms with Gasteiger partial charge in [0.25, 0.3) is 5.91 Å². The molecule has 30 heavy (non-hydrogen) atoms. The lowest BCUT2D eigenvalue weighted by atomic mass is 10.2. The van der Waals surface area contributed by atoms with E-state index in [2.05, 4.69) is 15.5 Å². The van der Waals surface area contributed by atoms with Crippen LogP contribution < -0.4 is 14.8 Å². The van der Waals surface area contributed by atoms with E-state index in [1.807, 2.05) is 30.3 Å². The fourth-order valence-electron chi connectivity index (χ4n) is 2.67. The summed E-state index contributed by atoms with van der Waals surface area (Å²) in [7, 11) is 3.02. The first-order chi connectivity index (χ1) is 14.4. The number of hydrogen-bond donors (Lipinski definition) is 1. The van der Waals surface area contributed by atoms with Gasteiger partial charge in [-0.1, -0.05) is 18.2 Å². The van der Waals surface area contributed by atoms with Crippen LogP contribution in [0.4, 0.5) is 5.69 Å². The van der Waals surface area contributed by atoms with Crippen LogP contribution in [0.25, 0.3) is 5.69 Å². The molecule has 1 amide bonds.